The Morgan fingerprint density at radius 2 is 1.88 bits per heavy atom. The van der Waals surface area contributed by atoms with Crippen molar-refractivity contribution in [1.29, 1.82) is 0 Å². The highest BCUT2D eigenvalue weighted by atomic mass is 16.4. The third-order valence-corrected chi connectivity index (χ3v) is 8.22. The Morgan fingerprint density at radius 1 is 1.18 bits per heavy atom. The number of phenolic OH excluding ortho intramolecular Hbond substituents is 1. The van der Waals surface area contributed by atoms with Crippen LogP contribution < -0.4 is 11.1 Å². The number of amides is 1. The first-order chi connectivity index (χ1) is 18.8. The summed E-state index contributed by atoms with van der Waals surface area (Å²) in [5, 5.41) is 48.0. The predicted molar refractivity (Wildman–Crippen MR) is 143 cm³/mol. The molecule has 212 valence electrons. The number of rotatable bonds is 6. The molecule has 1 heterocycles. The van der Waals surface area contributed by atoms with Crippen molar-refractivity contribution >= 4 is 17.5 Å². The molecule has 5 rings (SSSR count). The summed E-state index contributed by atoms with van der Waals surface area (Å²) in [7, 11) is 3.18. The third-order valence-electron chi connectivity index (χ3n) is 8.22. The van der Waals surface area contributed by atoms with Crippen LogP contribution in [0.25, 0.3) is 11.3 Å². The van der Waals surface area contributed by atoms with Crippen molar-refractivity contribution in [3.63, 3.8) is 0 Å². The Bertz CT molecular complexity index is 1500. The van der Waals surface area contributed by atoms with Crippen LogP contribution in [-0.2, 0) is 22.6 Å². The monoisotopic (exact) mass is 551 g/mol. The summed E-state index contributed by atoms with van der Waals surface area (Å²) in [4.78, 5) is 40.9. The average molecular weight is 552 g/mol. The lowest BCUT2D eigenvalue weighted by Gasteiger charge is -2.50. The van der Waals surface area contributed by atoms with Gasteiger partial charge >= 0.3 is 0 Å². The van der Waals surface area contributed by atoms with E-state index in [9.17, 15) is 34.8 Å². The maximum absolute atomic E-state index is 13.9. The van der Waals surface area contributed by atoms with E-state index in [0.717, 1.165) is 0 Å². The number of hydrogen-bond acceptors (Lipinski definition) is 10. The first-order valence-corrected chi connectivity index (χ1v) is 13.1. The minimum Gasteiger partial charge on any atom is -0.510 e. The van der Waals surface area contributed by atoms with Gasteiger partial charge in [-0.25, -0.2) is 0 Å². The number of Topliss-reactive ketones (excluding diaryl/α,β-unsaturated/α-hetero) is 2. The molecule has 11 nitrogen and oxygen atoms in total. The van der Waals surface area contributed by atoms with Gasteiger partial charge in [-0.1, -0.05) is 13.8 Å². The molecular weight excluding hydrogens is 518 g/mol. The van der Waals surface area contributed by atoms with E-state index in [1.54, 1.807) is 26.2 Å². The molecule has 0 unspecified atom stereocenters. The summed E-state index contributed by atoms with van der Waals surface area (Å²) in [6.07, 6.45) is 0.196. The highest BCUT2D eigenvalue weighted by Gasteiger charge is 2.63. The molecule has 7 N–H and O–H groups in total. The number of aliphatic hydroxyl groups excluding tert-OH is 2. The number of aromatic hydroxyl groups is 1. The first-order valence-electron chi connectivity index (χ1n) is 13.1. The number of primary amides is 1. The fourth-order valence-corrected chi connectivity index (χ4v) is 6.40. The number of fused-ring (bicyclic) bond motifs is 3. The number of allylic oxidation sites excluding steroid dienone is 1. The number of benzene rings is 1. The van der Waals surface area contributed by atoms with Gasteiger partial charge in [-0.3, -0.25) is 19.3 Å². The number of nitrogens with one attached hydrogen (secondary N) is 1. The lowest BCUT2D eigenvalue weighted by Crippen LogP contribution is -2.63. The second-order valence-electron chi connectivity index (χ2n) is 11.3. The number of ketones is 2. The molecule has 0 spiro atoms. The number of phenols is 1. The van der Waals surface area contributed by atoms with E-state index in [2.05, 4.69) is 5.32 Å². The number of carbonyl (C=O) groups is 3. The van der Waals surface area contributed by atoms with Crippen LogP contribution in [0.15, 0.2) is 51.3 Å². The zero-order valence-electron chi connectivity index (χ0n) is 22.7. The van der Waals surface area contributed by atoms with Gasteiger partial charge in [0, 0.05) is 23.1 Å². The zero-order chi connectivity index (χ0) is 29.3. The van der Waals surface area contributed by atoms with Crippen LogP contribution in [0, 0.1) is 11.8 Å². The SMILES string of the molecule is CC(C)NCc1ccc(-c2ccc(O)c3c2C[C@H]2C[C@H]4[C@H](N(C)C)C(O)=C(C(N)=O)C(=O)[C@@]4(O)C(O)=C2C3=O)o1. The molecule has 0 radical (unpaired) electrons. The number of hydrogen-bond donors (Lipinski definition) is 6. The summed E-state index contributed by atoms with van der Waals surface area (Å²) in [5.41, 5.74) is 2.71. The van der Waals surface area contributed by atoms with Crippen LogP contribution in [0.2, 0.25) is 0 Å². The van der Waals surface area contributed by atoms with Gasteiger partial charge in [0.05, 0.1) is 18.2 Å². The Labute approximate surface area is 230 Å². The van der Waals surface area contributed by atoms with Gasteiger partial charge in [0.25, 0.3) is 5.91 Å². The van der Waals surface area contributed by atoms with E-state index in [-0.39, 0.29) is 35.8 Å². The van der Waals surface area contributed by atoms with Crippen LogP contribution in [0.4, 0.5) is 0 Å². The van der Waals surface area contributed by atoms with Crippen LogP contribution in [-0.4, -0.2) is 74.6 Å². The molecule has 2 aromatic rings. The number of carbonyl (C=O) groups excluding carboxylic acids is 3. The second kappa shape index (κ2) is 9.61. The topological polar surface area (TPSA) is 187 Å². The molecule has 0 fully saturated rings. The molecule has 3 aliphatic carbocycles. The first kappa shape index (κ1) is 27.6. The molecule has 4 atom stereocenters. The fourth-order valence-electron chi connectivity index (χ4n) is 6.40. The quantitative estimate of drug-likeness (QED) is 0.289. The van der Waals surface area contributed by atoms with Crippen LogP contribution in [0.3, 0.4) is 0 Å². The molecule has 11 heteroatoms. The number of nitrogens with two attached hydrogens (primary N) is 1. The van der Waals surface area contributed by atoms with Crippen molar-refractivity contribution in [3.05, 3.63) is 63.8 Å². The summed E-state index contributed by atoms with van der Waals surface area (Å²) in [6, 6.07) is 5.84. The minimum absolute atomic E-state index is 0.0164. The predicted octanol–water partition coefficient (Wildman–Crippen LogP) is 1.88. The van der Waals surface area contributed by atoms with E-state index in [4.69, 9.17) is 10.2 Å². The van der Waals surface area contributed by atoms with E-state index in [0.29, 0.717) is 29.2 Å². The normalized spacial score (nSPS) is 26.3. The van der Waals surface area contributed by atoms with Gasteiger partial charge in [0.15, 0.2) is 11.4 Å². The summed E-state index contributed by atoms with van der Waals surface area (Å²) < 4.78 is 6.04. The molecule has 3 aliphatic rings. The number of nitrogens with zero attached hydrogens (tertiary/aromatic N) is 1. The zero-order valence-corrected chi connectivity index (χ0v) is 22.7. The van der Waals surface area contributed by atoms with Gasteiger partial charge in [-0.15, -0.1) is 0 Å². The standard InChI is InChI=1S/C29H33N3O8/c1-12(2)31-11-14-5-8-19(40-14)15-6-7-18(33)21-16(15)9-13-10-17-23(32(3)4)25(35)22(28(30)38)27(37)29(17,39)26(36)20(13)24(21)34/h5-8,12-13,17,23,31,33,35-36,39H,9-11H2,1-4H3,(H2,30,38)/t13-,17-,23-,29-/m0/s1. The summed E-state index contributed by atoms with van der Waals surface area (Å²) in [5.74, 6) is -5.64. The Hall–Kier alpha value is -3.93. The minimum atomic E-state index is -2.67. The largest absolute Gasteiger partial charge is 0.510 e. The van der Waals surface area contributed by atoms with Gasteiger partial charge in [-0.2, -0.15) is 0 Å². The van der Waals surface area contributed by atoms with Crippen LogP contribution in [0.5, 0.6) is 5.75 Å². The highest BCUT2D eigenvalue weighted by molar-refractivity contribution is 6.24. The van der Waals surface area contributed by atoms with Crippen molar-refractivity contribution in [3.8, 4) is 17.1 Å². The molecule has 40 heavy (non-hydrogen) atoms. The lowest BCUT2D eigenvalue weighted by atomic mass is 9.58. The third kappa shape index (κ3) is 3.95. The Kier molecular flexibility index (Phi) is 6.64. The number of furan rings is 1. The van der Waals surface area contributed by atoms with Crippen molar-refractivity contribution in [2.45, 2.75) is 50.9 Å². The highest BCUT2D eigenvalue weighted by Crippen LogP contribution is 2.53. The van der Waals surface area contributed by atoms with Crippen molar-refractivity contribution < 1.29 is 39.2 Å². The summed E-state index contributed by atoms with van der Waals surface area (Å²) in [6.45, 7) is 4.54. The molecule has 1 amide bonds. The molecule has 1 aromatic heterocycles. The van der Waals surface area contributed by atoms with Crippen LogP contribution in [0.1, 0.15) is 41.9 Å². The Balaban J connectivity index is 1.64. The van der Waals surface area contributed by atoms with Gasteiger partial charge in [0.2, 0.25) is 5.78 Å². The second-order valence-corrected chi connectivity index (χ2v) is 11.3. The Morgan fingerprint density at radius 3 is 2.50 bits per heavy atom. The lowest BCUT2D eigenvalue weighted by molar-refractivity contribution is -0.148. The molecule has 0 bridgehead atoms. The van der Waals surface area contributed by atoms with Crippen molar-refractivity contribution in [2.75, 3.05) is 14.1 Å². The average Bonchev–Trinajstić information content (AvgIpc) is 3.33. The van der Waals surface area contributed by atoms with Crippen molar-refractivity contribution in [1.82, 2.24) is 10.2 Å². The molecular formula is C29H33N3O8. The van der Waals surface area contributed by atoms with E-state index >= 15 is 0 Å². The molecule has 0 saturated heterocycles. The molecule has 0 aliphatic heterocycles. The van der Waals surface area contributed by atoms with Gasteiger partial charge in [0.1, 0.15) is 34.4 Å². The molecule has 0 saturated carbocycles. The van der Waals surface area contributed by atoms with E-state index < -0.39 is 58.0 Å². The van der Waals surface area contributed by atoms with Gasteiger partial charge in [-0.05, 0) is 62.7 Å². The maximum Gasteiger partial charge on any atom is 0.255 e. The fraction of sp³-hybridized carbons (Fsp3) is 0.414. The molecule has 1 aromatic carbocycles. The smallest absolute Gasteiger partial charge is 0.255 e. The van der Waals surface area contributed by atoms with E-state index in [1.165, 1.54) is 11.0 Å². The summed E-state index contributed by atoms with van der Waals surface area (Å²) >= 11 is 0. The van der Waals surface area contributed by atoms with Gasteiger partial charge < -0.3 is 35.9 Å². The van der Waals surface area contributed by atoms with Crippen LogP contribution >= 0.6 is 0 Å². The van der Waals surface area contributed by atoms with E-state index in [1.807, 2.05) is 19.9 Å². The van der Waals surface area contributed by atoms with Crippen molar-refractivity contribution in [2.24, 2.45) is 17.6 Å². The maximum atomic E-state index is 13.9. The number of aliphatic hydroxyl groups is 3. The number of likely N-dealkylation sites (N-methyl/N-ethyl adjacent to an activating group) is 1.